The second-order valence-electron chi connectivity index (χ2n) is 8.84. The van der Waals surface area contributed by atoms with Crippen LogP contribution in [0.2, 0.25) is 0 Å². The van der Waals surface area contributed by atoms with Crippen LogP contribution >= 0.6 is 0 Å². The first-order valence-electron chi connectivity index (χ1n) is 12.3. The minimum absolute atomic E-state index is 0.105. The smallest absolute Gasteiger partial charge is 0.160 e. The first-order valence-corrected chi connectivity index (χ1v) is 12.3. The van der Waals surface area contributed by atoms with E-state index in [-0.39, 0.29) is 6.04 Å². The van der Waals surface area contributed by atoms with E-state index < -0.39 is 0 Å². The maximum absolute atomic E-state index is 6.18. The van der Waals surface area contributed by atoms with Gasteiger partial charge < -0.3 is 29.3 Å². The highest BCUT2D eigenvalue weighted by Crippen LogP contribution is 2.28. The number of hydrogen-bond donors (Lipinski definition) is 2. The number of aromatic nitrogens is 1. The first-order chi connectivity index (χ1) is 17.6. The highest BCUT2D eigenvalue weighted by molar-refractivity contribution is 5.53. The van der Waals surface area contributed by atoms with E-state index in [1.165, 1.54) is 11.1 Å². The van der Waals surface area contributed by atoms with Crippen molar-refractivity contribution in [3.63, 3.8) is 0 Å². The molecule has 1 aliphatic heterocycles. The van der Waals surface area contributed by atoms with Crippen molar-refractivity contribution in [2.24, 2.45) is 0 Å². The lowest BCUT2D eigenvalue weighted by atomic mass is 10.1. The number of pyridine rings is 1. The Morgan fingerprint density at radius 3 is 2.56 bits per heavy atom. The molecule has 0 aliphatic carbocycles. The Hall–Kier alpha value is -3.49. The molecule has 1 atom stereocenters. The molecule has 1 aromatic heterocycles. The standard InChI is InChI=1S/C28H36N4O4/c1-20-6-5-7-23(16-20)21(2)30-31-27-18-24(19-28(29-27)32-11-14-35-15-12-32)36-13-10-22-8-9-25(33-3)26(17-22)34-4/h5-9,16-19,21,30H,10-15H2,1-4H3,(H,29,31). The van der Waals surface area contributed by atoms with Crippen LogP contribution in [0, 0.1) is 6.92 Å². The SMILES string of the molecule is COc1ccc(CCOc2cc(NNC(C)c3cccc(C)c3)nc(N3CCOCC3)c2)cc1OC. The molecular weight excluding hydrogens is 456 g/mol. The molecular formula is C28H36N4O4. The van der Waals surface area contributed by atoms with Gasteiger partial charge in [-0.1, -0.05) is 35.9 Å². The molecule has 0 saturated carbocycles. The summed E-state index contributed by atoms with van der Waals surface area (Å²) in [6.07, 6.45) is 0.737. The quantitative estimate of drug-likeness (QED) is 0.378. The fraction of sp³-hybridized carbons (Fsp3) is 0.393. The van der Waals surface area contributed by atoms with Crippen LogP contribution in [0.5, 0.6) is 17.2 Å². The normalized spacial score (nSPS) is 14.3. The Kier molecular flexibility index (Phi) is 8.86. The lowest BCUT2D eigenvalue weighted by Gasteiger charge is -2.28. The van der Waals surface area contributed by atoms with Crippen molar-refractivity contribution in [1.82, 2.24) is 10.4 Å². The van der Waals surface area contributed by atoms with Crippen molar-refractivity contribution in [2.45, 2.75) is 26.3 Å². The summed E-state index contributed by atoms with van der Waals surface area (Å²) in [6, 6.07) is 18.4. The average molecular weight is 493 g/mol. The second-order valence-corrected chi connectivity index (χ2v) is 8.84. The summed E-state index contributed by atoms with van der Waals surface area (Å²) in [5.74, 6) is 3.77. The van der Waals surface area contributed by atoms with Crippen molar-refractivity contribution in [3.05, 3.63) is 71.3 Å². The average Bonchev–Trinajstić information content (AvgIpc) is 2.92. The fourth-order valence-electron chi connectivity index (χ4n) is 4.12. The number of nitrogens with one attached hydrogen (secondary N) is 2. The Balaban J connectivity index is 1.44. The van der Waals surface area contributed by atoms with Crippen LogP contribution in [0.3, 0.4) is 0 Å². The van der Waals surface area contributed by atoms with Crippen molar-refractivity contribution in [1.29, 1.82) is 0 Å². The maximum Gasteiger partial charge on any atom is 0.160 e. The zero-order valence-electron chi connectivity index (χ0n) is 21.5. The van der Waals surface area contributed by atoms with Crippen molar-refractivity contribution < 1.29 is 18.9 Å². The second kappa shape index (κ2) is 12.5. The Bertz CT molecular complexity index is 1130. The zero-order valence-corrected chi connectivity index (χ0v) is 21.5. The van der Waals surface area contributed by atoms with Gasteiger partial charge in [-0.05, 0) is 37.1 Å². The number of hydrazine groups is 1. The van der Waals surface area contributed by atoms with E-state index in [1.807, 2.05) is 30.3 Å². The highest BCUT2D eigenvalue weighted by Gasteiger charge is 2.15. The molecule has 0 amide bonds. The molecule has 3 aromatic rings. The lowest BCUT2D eigenvalue weighted by molar-refractivity contribution is 0.122. The van der Waals surface area contributed by atoms with E-state index >= 15 is 0 Å². The molecule has 8 heteroatoms. The van der Waals surface area contributed by atoms with E-state index in [0.717, 1.165) is 42.4 Å². The van der Waals surface area contributed by atoms with Crippen LogP contribution in [-0.4, -0.2) is 52.1 Å². The number of ether oxygens (including phenoxy) is 4. The summed E-state index contributed by atoms with van der Waals surface area (Å²) in [7, 11) is 3.28. The Labute approximate surface area is 213 Å². The summed E-state index contributed by atoms with van der Waals surface area (Å²) < 4.78 is 22.5. The van der Waals surface area contributed by atoms with Gasteiger partial charge in [-0.25, -0.2) is 10.4 Å². The number of anilines is 2. The van der Waals surface area contributed by atoms with E-state index in [1.54, 1.807) is 14.2 Å². The zero-order chi connectivity index (χ0) is 25.3. The minimum atomic E-state index is 0.105. The van der Waals surface area contributed by atoms with Gasteiger partial charge in [-0.3, -0.25) is 0 Å². The van der Waals surface area contributed by atoms with Gasteiger partial charge in [0.15, 0.2) is 11.5 Å². The van der Waals surface area contributed by atoms with Gasteiger partial charge in [-0.15, -0.1) is 0 Å². The van der Waals surface area contributed by atoms with Crippen LogP contribution < -0.4 is 30.0 Å². The van der Waals surface area contributed by atoms with E-state index in [2.05, 4.69) is 53.9 Å². The van der Waals surface area contributed by atoms with Crippen molar-refractivity contribution >= 4 is 11.6 Å². The number of benzene rings is 2. The fourth-order valence-corrected chi connectivity index (χ4v) is 4.12. The third-order valence-corrected chi connectivity index (χ3v) is 6.19. The number of nitrogens with zero attached hydrogens (tertiary/aromatic N) is 2. The Morgan fingerprint density at radius 2 is 1.81 bits per heavy atom. The molecule has 0 spiro atoms. The van der Waals surface area contributed by atoms with Gasteiger partial charge in [0.25, 0.3) is 0 Å². The van der Waals surface area contributed by atoms with E-state index in [4.69, 9.17) is 23.9 Å². The molecule has 2 aromatic carbocycles. The molecule has 36 heavy (non-hydrogen) atoms. The first kappa shape index (κ1) is 25.6. The van der Waals surface area contributed by atoms with Gasteiger partial charge in [0.2, 0.25) is 0 Å². The van der Waals surface area contributed by atoms with Gasteiger partial charge >= 0.3 is 0 Å². The maximum atomic E-state index is 6.18. The predicted molar refractivity (Wildman–Crippen MR) is 142 cm³/mol. The van der Waals surface area contributed by atoms with Crippen molar-refractivity contribution in [3.8, 4) is 17.2 Å². The third kappa shape index (κ3) is 6.80. The third-order valence-electron chi connectivity index (χ3n) is 6.19. The molecule has 1 unspecified atom stereocenters. The monoisotopic (exact) mass is 492 g/mol. The van der Waals surface area contributed by atoms with Gasteiger partial charge in [-0.2, -0.15) is 0 Å². The Morgan fingerprint density at radius 1 is 1.00 bits per heavy atom. The van der Waals surface area contributed by atoms with Crippen molar-refractivity contribution in [2.75, 3.05) is 57.5 Å². The lowest BCUT2D eigenvalue weighted by Crippen LogP contribution is -2.37. The molecule has 2 heterocycles. The number of methoxy groups -OCH3 is 2. The molecule has 2 N–H and O–H groups in total. The van der Waals surface area contributed by atoms with Crippen LogP contribution in [0.4, 0.5) is 11.6 Å². The molecule has 1 fully saturated rings. The molecule has 4 rings (SSSR count). The molecule has 1 aliphatic rings. The molecule has 8 nitrogen and oxygen atoms in total. The highest BCUT2D eigenvalue weighted by atomic mass is 16.5. The van der Waals surface area contributed by atoms with Gasteiger partial charge in [0, 0.05) is 37.7 Å². The molecule has 0 bridgehead atoms. The molecule has 1 saturated heterocycles. The van der Waals surface area contributed by atoms with E-state index in [0.29, 0.717) is 31.4 Å². The van der Waals surface area contributed by atoms with E-state index in [9.17, 15) is 0 Å². The van der Waals surface area contributed by atoms with Gasteiger partial charge in [0.05, 0.1) is 34.0 Å². The molecule has 192 valence electrons. The number of rotatable bonds is 11. The number of aryl methyl sites for hydroxylation is 1. The van der Waals surface area contributed by atoms with Crippen LogP contribution in [0.1, 0.15) is 29.7 Å². The van der Waals surface area contributed by atoms with Crippen LogP contribution in [-0.2, 0) is 11.2 Å². The van der Waals surface area contributed by atoms with Crippen LogP contribution in [0.25, 0.3) is 0 Å². The summed E-state index contributed by atoms with van der Waals surface area (Å²) in [4.78, 5) is 7.06. The summed E-state index contributed by atoms with van der Waals surface area (Å²) >= 11 is 0. The predicted octanol–water partition coefficient (Wildman–Crippen LogP) is 4.54. The minimum Gasteiger partial charge on any atom is -0.493 e. The number of hydrogen-bond acceptors (Lipinski definition) is 8. The topological polar surface area (TPSA) is 77.1 Å². The summed E-state index contributed by atoms with van der Waals surface area (Å²) in [5.41, 5.74) is 10.2. The molecule has 0 radical (unpaired) electrons. The summed E-state index contributed by atoms with van der Waals surface area (Å²) in [6.45, 7) is 7.73. The van der Waals surface area contributed by atoms with Crippen LogP contribution in [0.15, 0.2) is 54.6 Å². The summed E-state index contributed by atoms with van der Waals surface area (Å²) in [5, 5.41) is 0. The number of morpholine rings is 1. The largest absolute Gasteiger partial charge is 0.493 e. The van der Waals surface area contributed by atoms with Gasteiger partial charge in [0.1, 0.15) is 17.4 Å².